The summed E-state index contributed by atoms with van der Waals surface area (Å²) in [6.45, 7) is 5.44. The molecule has 1 N–H and O–H groups in total. The first-order valence-corrected chi connectivity index (χ1v) is 9.99. The molecule has 7 nitrogen and oxygen atoms in total. The highest BCUT2D eigenvalue weighted by Gasteiger charge is 2.39. The lowest BCUT2D eigenvalue weighted by Gasteiger charge is -2.28. The summed E-state index contributed by atoms with van der Waals surface area (Å²) in [5.74, 6) is 2.13. The zero-order chi connectivity index (χ0) is 19.8. The zero-order valence-corrected chi connectivity index (χ0v) is 16.4. The number of carbonyl (C=O) groups is 1. The van der Waals surface area contributed by atoms with Gasteiger partial charge in [0.1, 0.15) is 12.5 Å². The quantitative estimate of drug-likeness (QED) is 0.875. The van der Waals surface area contributed by atoms with Gasteiger partial charge >= 0.3 is 6.03 Å². The second-order valence-electron chi connectivity index (χ2n) is 7.93. The summed E-state index contributed by atoms with van der Waals surface area (Å²) in [6, 6.07) is 14.0. The molecule has 3 aliphatic rings. The lowest BCUT2D eigenvalue weighted by molar-refractivity contribution is 0.216. The van der Waals surface area contributed by atoms with Crippen molar-refractivity contribution in [1.29, 1.82) is 0 Å². The molecule has 2 atom stereocenters. The summed E-state index contributed by atoms with van der Waals surface area (Å²) in [7, 11) is 0. The first-order chi connectivity index (χ1) is 14.2. The van der Waals surface area contributed by atoms with Crippen LogP contribution in [0.5, 0.6) is 0 Å². The Hall–Kier alpha value is -3.19. The van der Waals surface area contributed by atoms with Gasteiger partial charge in [0.25, 0.3) is 0 Å². The number of benzene rings is 1. The minimum Gasteiger partial charge on any atom is -0.326 e. The highest BCUT2D eigenvalue weighted by Crippen LogP contribution is 2.30. The van der Waals surface area contributed by atoms with E-state index in [1.165, 1.54) is 5.56 Å². The lowest BCUT2D eigenvalue weighted by atomic mass is 9.96. The van der Waals surface area contributed by atoms with Gasteiger partial charge in [0.2, 0.25) is 0 Å². The maximum absolute atomic E-state index is 12.7. The third-order valence-corrected chi connectivity index (χ3v) is 5.81. The Morgan fingerprint density at radius 3 is 2.79 bits per heavy atom. The van der Waals surface area contributed by atoms with Crippen LogP contribution in [0.1, 0.15) is 12.5 Å². The molecule has 0 spiro atoms. The van der Waals surface area contributed by atoms with Gasteiger partial charge in [-0.25, -0.2) is 9.79 Å². The van der Waals surface area contributed by atoms with Gasteiger partial charge in [0, 0.05) is 49.8 Å². The minimum absolute atomic E-state index is 0.0995. The molecule has 29 heavy (non-hydrogen) atoms. The van der Waals surface area contributed by atoms with Crippen LogP contribution in [0, 0.1) is 11.8 Å². The summed E-state index contributed by atoms with van der Waals surface area (Å²) in [4.78, 5) is 27.9. The number of para-hydroxylation sites is 1. The summed E-state index contributed by atoms with van der Waals surface area (Å²) >= 11 is 0. The third kappa shape index (κ3) is 3.49. The van der Waals surface area contributed by atoms with Crippen LogP contribution in [0.25, 0.3) is 0 Å². The molecule has 5 rings (SSSR count). The molecular formula is C22H24N6O. The number of aliphatic imine (C=N–C) groups is 1. The van der Waals surface area contributed by atoms with Crippen molar-refractivity contribution in [1.82, 2.24) is 20.1 Å². The number of pyridine rings is 1. The Kier molecular flexibility index (Phi) is 4.52. The van der Waals surface area contributed by atoms with Crippen LogP contribution in [0.2, 0.25) is 0 Å². The fraction of sp³-hybridized carbons (Fsp3) is 0.318. The number of likely N-dealkylation sites (tertiary alicyclic amines) is 1. The van der Waals surface area contributed by atoms with Crippen molar-refractivity contribution in [3.63, 3.8) is 0 Å². The van der Waals surface area contributed by atoms with E-state index in [1.54, 1.807) is 11.1 Å². The van der Waals surface area contributed by atoms with E-state index in [1.807, 2.05) is 53.7 Å². The number of hydrogen-bond donors (Lipinski definition) is 1. The Bertz CT molecular complexity index is 958. The first-order valence-electron chi connectivity index (χ1n) is 9.99. The Labute approximate surface area is 170 Å². The van der Waals surface area contributed by atoms with Gasteiger partial charge in [-0.2, -0.15) is 0 Å². The van der Waals surface area contributed by atoms with Gasteiger partial charge in [-0.3, -0.25) is 20.1 Å². The van der Waals surface area contributed by atoms with Gasteiger partial charge in [-0.05, 0) is 29.7 Å². The standard InChI is InChI=1S/C22H24N6O/c1-16-11-26(12-17-6-5-9-23-10-17)13-19(16)21-24-20-14-27(15-28(20)22(29)25-21)18-7-3-2-4-8-18/h2-10,14,16,19H,11-13,15H2,1H3,(H,24,25,29). The number of fused-ring (bicyclic) bond motifs is 1. The van der Waals surface area contributed by atoms with Gasteiger partial charge in [0.05, 0.1) is 0 Å². The van der Waals surface area contributed by atoms with Crippen molar-refractivity contribution in [2.45, 2.75) is 13.5 Å². The molecule has 0 saturated carbocycles. The summed E-state index contributed by atoms with van der Waals surface area (Å²) < 4.78 is 0. The molecule has 148 valence electrons. The van der Waals surface area contributed by atoms with Crippen LogP contribution in [-0.2, 0) is 6.54 Å². The smallest absolute Gasteiger partial charge is 0.326 e. The van der Waals surface area contributed by atoms with Crippen LogP contribution in [0.4, 0.5) is 10.5 Å². The van der Waals surface area contributed by atoms with Crippen LogP contribution >= 0.6 is 0 Å². The number of hydrogen-bond acceptors (Lipinski definition) is 5. The van der Waals surface area contributed by atoms with Gasteiger partial charge < -0.3 is 4.90 Å². The van der Waals surface area contributed by atoms with Crippen molar-refractivity contribution in [3.8, 4) is 0 Å². The first kappa shape index (κ1) is 17.9. The summed E-state index contributed by atoms with van der Waals surface area (Å²) in [5.41, 5.74) is 2.26. The number of anilines is 1. The molecule has 1 aromatic carbocycles. The molecule has 3 aliphatic heterocycles. The van der Waals surface area contributed by atoms with Crippen molar-refractivity contribution in [2.75, 3.05) is 24.7 Å². The molecule has 2 amide bonds. The molecular weight excluding hydrogens is 364 g/mol. The number of nitrogens with zero attached hydrogens (tertiary/aromatic N) is 5. The van der Waals surface area contributed by atoms with E-state index < -0.39 is 0 Å². The summed E-state index contributed by atoms with van der Waals surface area (Å²) in [6.07, 6.45) is 5.67. The molecule has 1 saturated heterocycles. The molecule has 1 fully saturated rings. The van der Waals surface area contributed by atoms with E-state index in [2.05, 4.69) is 28.2 Å². The largest absolute Gasteiger partial charge is 0.329 e. The van der Waals surface area contributed by atoms with E-state index >= 15 is 0 Å². The molecule has 0 bridgehead atoms. The molecule has 0 radical (unpaired) electrons. The maximum atomic E-state index is 12.7. The number of amidine groups is 1. The Balaban J connectivity index is 1.34. The van der Waals surface area contributed by atoms with E-state index in [9.17, 15) is 4.79 Å². The fourth-order valence-electron chi connectivity index (χ4n) is 4.31. The summed E-state index contributed by atoms with van der Waals surface area (Å²) in [5, 5.41) is 3.05. The highest BCUT2D eigenvalue weighted by molar-refractivity contribution is 6.02. The Morgan fingerprint density at radius 2 is 2.00 bits per heavy atom. The third-order valence-electron chi connectivity index (χ3n) is 5.81. The second kappa shape index (κ2) is 7.33. The van der Waals surface area contributed by atoms with Crippen molar-refractivity contribution < 1.29 is 4.79 Å². The van der Waals surface area contributed by atoms with Gasteiger partial charge in [-0.15, -0.1) is 0 Å². The monoisotopic (exact) mass is 388 g/mol. The molecule has 7 heteroatoms. The van der Waals surface area contributed by atoms with Crippen molar-refractivity contribution in [2.24, 2.45) is 16.8 Å². The zero-order valence-electron chi connectivity index (χ0n) is 16.4. The second-order valence-corrected chi connectivity index (χ2v) is 7.93. The van der Waals surface area contributed by atoms with E-state index in [-0.39, 0.29) is 11.9 Å². The molecule has 2 unspecified atom stereocenters. The normalized spacial score (nSPS) is 24.2. The molecule has 0 aliphatic carbocycles. The SMILES string of the molecule is CC1CN(Cc2cccnc2)CC1C1=NC2=CN(c3ccccc3)CN2C(=O)N1. The van der Waals surface area contributed by atoms with Crippen LogP contribution in [-0.4, -0.2) is 46.4 Å². The van der Waals surface area contributed by atoms with E-state index in [0.717, 1.165) is 31.2 Å². The van der Waals surface area contributed by atoms with E-state index in [4.69, 9.17) is 4.99 Å². The van der Waals surface area contributed by atoms with E-state index in [0.29, 0.717) is 18.4 Å². The molecule has 2 aromatic rings. The lowest BCUT2D eigenvalue weighted by Crippen LogP contribution is -2.49. The number of amides is 2. The number of aromatic nitrogens is 1. The molecule has 1 aromatic heterocycles. The van der Waals surface area contributed by atoms with Crippen LogP contribution in [0.15, 0.2) is 71.9 Å². The van der Waals surface area contributed by atoms with Crippen LogP contribution in [0.3, 0.4) is 0 Å². The Morgan fingerprint density at radius 1 is 1.14 bits per heavy atom. The molecule has 4 heterocycles. The fourth-order valence-corrected chi connectivity index (χ4v) is 4.31. The predicted molar refractivity (Wildman–Crippen MR) is 112 cm³/mol. The van der Waals surface area contributed by atoms with Gasteiger partial charge in [-0.1, -0.05) is 31.2 Å². The van der Waals surface area contributed by atoms with Crippen molar-refractivity contribution >= 4 is 17.6 Å². The average molecular weight is 388 g/mol. The number of nitrogens with one attached hydrogen (secondary N) is 1. The topological polar surface area (TPSA) is 64.1 Å². The minimum atomic E-state index is -0.0995. The average Bonchev–Trinajstić information content (AvgIpc) is 3.33. The number of rotatable bonds is 4. The number of carbonyl (C=O) groups excluding carboxylic acids is 1. The number of urea groups is 1. The highest BCUT2D eigenvalue weighted by atomic mass is 16.2. The predicted octanol–water partition coefficient (Wildman–Crippen LogP) is 2.85. The van der Waals surface area contributed by atoms with Gasteiger partial charge in [0.15, 0.2) is 5.82 Å². The maximum Gasteiger partial charge on any atom is 0.329 e. The van der Waals surface area contributed by atoms with Crippen molar-refractivity contribution in [3.05, 3.63) is 72.4 Å². The van der Waals surface area contributed by atoms with Crippen LogP contribution < -0.4 is 10.2 Å².